The molecule has 6 rings (SSSR count). The minimum Gasteiger partial charge on any atom is -0.338 e. The first-order chi connectivity index (χ1) is 16.2. The smallest absolute Gasteiger partial charge is 0.253 e. The van der Waals surface area contributed by atoms with Gasteiger partial charge in [0.2, 0.25) is 5.95 Å². The summed E-state index contributed by atoms with van der Waals surface area (Å²) in [5, 5.41) is 12.7. The lowest BCUT2D eigenvalue weighted by atomic mass is 10.2. The Labute approximate surface area is 198 Å². The van der Waals surface area contributed by atoms with Crippen LogP contribution >= 0.6 is 22.9 Å². The molecule has 7 nitrogen and oxygen atoms in total. The zero-order chi connectivity index (χ0) is 22.4. The van der Waals surface area contributed by atoms with Crippen molar-refractivity contribution in [2.75, 3.05) is 31.1 Å². The van der Waals surface area contributed by atoms with Crippen LogP contribution in [-0.4, -0.2) is 56.6 Å². The Balaban J connectivity index is 1.36. The van der Waals surface area contributed by atoms with Crippen LogP contribution in [0.25, 0.3) is 27.3 Å². The zero-order valence-electron chi connectivity index (χ0n) is 17.6. The van der Waals surface area contributed by atoms with E-state index in [2.05, 4.69) is 15.1 Å². The molecule has 1 saturated heterocycles. The molecule has 0 aliphatic carbocycles. The lowest BCUT2D eigenvalue weighted by Gasteiger charge is -2.35. The van der Waals surface area contributed by atoms with Crippen molar-refractivity contribution in [1.82, 2.24) is 24.5 Å². The van der Waals surface area contributed by atoms with Crippen molar-refractivity contribution in [2.24, 2.45) is 0 Å². The van der Waals surface area contributed by atoms with E-state index in [4.69, 9.17) is 16.6 Å². The lowest BCUT2D eigenvalue weighted by Crippen LogP contribution is -2.49. The van der Waals surface area contributed by atoms with Crippen molar-refractivity contribution in [1.29, 1.82) is 0 Å². The number of thiophene rings is 1. The number of halogens is 1. The molecular weight excluding hydrogens is 456 g/mol. The third kappa shape index (κ3) is 3.51. The van der Waals surface area contributed by atoms with E-state index >= 15 is 0 Å². The van der Waals surface area contributed by atoms with Crippen LogP contribution in [0.3, 0.4) is 0 Å². The summed E-state index contributed by atoms with van der Waals surface area (Å²) >= 11 is 7.60. The molecule has 0 unspecified atom stereocenters. The number of amides is 1. The van der Waals surface area contributed by atoms with Gasteiger partial charge in [0.1, 0.15) is 0 Å². The number of nitrogens with zero attached hydrogens (tertiary/aromatic N) is 6. The fraction of sp³-hybridized carbons (Fsp3) is 0.167. The van der Waals surface area contributed by atoms with Crippen molar-refractivity contribution < 1.29 is 4.79 Å². The molecule has 1 amide bonds. The summed E-state index contributed by atoms with van der Waals surface area (Å²) in [6.45, 7) is 2.55. The number of hydrogen-bond acceptors (Lipinski definition) is 6. The van der Waals surface area contributed by atoms with Crippen LogP contribution in [0, 0.1) is 0 Å². The second-order valence-electron chi connectivity index (χ2n) is 7.88. The number of piperazine rings is 1. The molecule has 3 aromatic heterocycles. The van der Waals surface area contributed by atoms with Gasteiger partial charge >= 0.3 is 0 Å². The third-order valence-electron chi connectivity index (χ3n) is 5.91. The van der Waals surface area contributed by atoms with Gasteiger partial charge in [-0.15, -0.1) is 21.5 Å². The molecule has 0 atom stereocenters. The van der Waals surface area contributed by atoms with Gasteiger partial charge in [0.15, 0.2) is 11.5 Å². The minimum absolute atomic E-state index is 0.0199. The normalized spacial score (nSPS) is 14.3. The topological polar surface area (TPSA) is 66.6 Å². The molecule has 9 heteroatoms. The Morgan fingerprint density at radius 3 is 2.45 bits per heavy atom. The van der Waals surface area contributed by atoms with E-state index in [-0.39, 0.29) is 5.91 Å². The highest BCUT2D eigenvalue weighted by molar-refractivity contribution is 7.13. The van der Waals surface area contributed by atoms with Crippen molar-refractivity contribution >= 4 is 51.3 Å². The minimum atomic E-state index is 0.0199. The Bertz CT molecular complexity index is 1460. The summed E-state index contributed by atoms with van der Waals surface area (Å²) < 4.78 is 2.05. The van der Waals surface area contributed by atoms with Crippen LogP contribution in [0.5, 0.6) is 0 Å². The average molecular weight is 475 g/mol. The first kappa shape index (κ1) is 20.1. The first-order valence-electron chi connectivity index (χ1n) is 10.7. The van der Waals surface area contributed by atoms with E-state index in [1.165, 1.54) is 0 Å². The maximum atomic E-state index is 12.9. The number of hydrogen-bond donors (Lipinski definition) is 0. The van der Waals surface area contributed by atoms with Gasteiger partial charge in [-0.25, -0.2) is 9.38 Å². The van der Waals surface area contributed by atoms with Crippen LogP contribution in [0.2, 0.25) is 5.02 Å². The summed E-state index contributed by atoms with van der Waals surface area (Å²) in [6.07, 6.45) is 0. The maximum Gasteiger partial charge on any atom is 0.253 e. The van der Waals surface area contributed by atoms with Crippen molar-refractivity contribution in [3.8, 4) is 10.7 Å². The molecule has 0 N–H and O–H groups in total. The Morgan fingerprint density at radius 1 is 0.909 bits per heavy atom. The van der Waals surface area contributed by atoms with Gasteiger partial charge in [0.05, 0.1) is 10.4 Å². The number of fused-ring (bicyclic) bond motifs is 3. The lowest BCUT2D eigenvalue weighted by molar-refractivity contribution is 0.0746. The molecule has 164 valence electrons. The highest BCUT2D eigenvalue weighted by Crippen LogP contribution is 2.30. The number of carbonyl (C=O) groups is 1. The molecule has 1 aliphatic heterocycles. The summed E-state index contributed by atoms with van der Waals surface area (Å²) in [7, 11) is 0. The largest absolute Gasteiger partial charge is 0.338 e. The van der Waals surface area contributed by atoms with Crippen molar-refractivity contribution in [3.63, 3.8) is 0 Å². The zero-order valence-corrected chi connectivity index (χ0v) is 19.1. The number of carbonyl (C=O) groups excluding carboxylic acids is 1. The number of benzene rings is 2. The van der Waals surface area contributed by atoms with Gasteiger partial charge in [-0.2, -0.15) is 0 Å². The molecule has 5 aromatic rings. The van der Waals surface area contributed by atoms with Crippen molar-refractivity contribution in [2.45, 2.75) is 0 Å². The SMILES string of the molecule is O=C(c1ccc(Cl)cc1)N1CCN(c2nc3ccccc3c3nnc(-c4cccs4)n23)CC1. The quantitative estimate of drug-likeness (QED) is 0.381. The fourth-order valence-electron chi connectivity index (χ4n) is 4.23. The average Bonchev–Trinajstić information content (AvgIpc) is 3.54. The molecule has 0 spiro atoms. The third-order valence-corrected chi connectivity index (χ3v) is 7.03. The molecule has 0 saturated carbocycles. The van der Waals surface area contributed by atoms with Gasteiger partial charge in [-0.1, -0.05) is 29.8 Å². The maximum absolute atomic E-state index is 12.9. The molecule has 2 aromatic carbocycles. The molecule has 4 heterocycles. The summed E-state index contributed by atoms with van der Waals surface area (Å²) in [5.41, 5.74) is 2.32. The molecule has 33 heavy (non-hydrogen) atoms. The Hall–Kier alpha value is -3.49. The molecular formula is C24H19ClN6OS. The molecule has 0 radical (unpaired) electrons. The van der Waals surface area contributed by atoms with E-state index < -0.39 is 0 Å². The predicted molar refractivity (Wildman–Crippen MR) is 131 cm³/mol. The van der Waals surface area contributed by atoms with Gasteiger partial charge in [-0.3, -0.25) is 4.79 Å². The predicted octanol–water partition coefficient (Wildman–Crippen LogP) is 4.62. The second-order valence-corrected chi connectivity index (χ2v) is 9.26. The molecule has 1 fully saturated rings. The number of aromatic nitrogens is 4. The molecule has 0 bridgehead atoms. The number of para-hydroxylation sites is 1. The van der Waals surface area contributed by atoms with Gasteiger partial charge in [-0.05, 0) is 47.8 Å². The van der Waals surface area contributed by atoms with Gasteiger partial charge < -0.3 is 9.80 Å². The second kappa shape index (κ2) is 8.13. The van der Waals surface area contributed by atoms with Gasteiger partial charge in [0, 0.05) is 42.2 Å². The number of rotatable bonds is 3. The van der Waals surface area contributed by atoms with Crippen molar-refractivity contribution in [3.05, 3.63) is 76.6 Å². The van der Waals surface area contributed by atoms with Crippen LogP contribution in [0.4, 0.5) is 5.95 Å². The van der Waals surface area contributed by atoms with Gasteiger partial charge in [0.25, 0.3) is 5.91 Å². The summed E-state index contributed by atoms with van der Waals surface area (Å²) in [4.78, 5) is 23.1. The Morgan fingerprint density at radius 2 is 1.70 bits per heavy atom. The standard InChI is InChI=1S/C24H19ClN6OS/c25-17-9-7-16(8-10-17)23(32)29-11-13-30(14-12-29)24-26-19-5-2-1-4-18(19)21-27-28-22(31(21)24)20-6-3-15-33-20/h1-10,15H,11-14H2. The van der Waals surface area contributed by atoms with Crippen LogP contribution < -0.4 is 4.90 Å². The Kier molecular flexibility index (Phi) is 4.96. The van der Waals surface area contributed by atoms with E-state index in [1.807, 2.05) is 51.1 Å². The van der Waals surface area contributed by atoms with Crippen LogP contribution in [0.15, 0.2) is 66.0 Å². The van der Waals surface area contributed by atoms with E-state index in [9.17, 15) is 4.79 Å². The highest BCUT2D eigenvalue weighted by atomic mass is 35.5. The fourth-order valence-corrected chi connectivity index (χ4v) is 5.05. The summed E-state index contributed by atoms with van der Waals surface area (Å²) in [6, 6.07) is 19.1. The number of anilines is 1. The monoisotopic (exact) mass is 474 g/mol. The van der Waals surface area contributed by atoms with Crippen LogP contribution in [-0.2, 0) is 0 Å². The first-order valence-corrected chi connectivity index (χ1v) is 11.9. The highest BCUT2D eigenvalue weighted by Gasteiger charge is 2.26. The summed E-state index contributed by atoms with van der Waals surface area (Å²) in [5.74, 6) is 1.61. The van der Waals surface area contributed by atoms with E-state index in [1.54, 1.807) is 35.6 Å². The molecule has 1 aliphatic rings. The van der Waals surface area contributed by atoms with E-state index in [0.29, 0.717) is 36.8 Å². The van der Waals surface area contributed by atoms with Crippen LogP contribution in [0.1, 0.15) is 10.4 Å². The van der Waals surface area contributed by atoms with E-state index in [0.717, 1.165) is 33.2 Å².